The van der Waals surface area contributed by atoms with Gasteiger partial charge in [0, 0.05) is 19.6 Å². The van der Waals surface area contributed by atoms with Gasteiger partial charge in [0.05, 0.1) is 6.67 Å². The molecule has 5 heteroatoms. The first-order valence-corrected chi connectivity index (χ1v) is 7.51. The van der Waals surface area contributed by atoms with Gasteiger partial charge >= 0.3 is 0 Å². The fourth-order valence-corrected chi connectivity index (χ4v) is 4.58. The Morgan fingerprint density at radius 3 is 2.74 bits per heavy atom. The zero-order valence-electron chi connectivity index (χ0n) is 12.4. The van der Waals surface area contributed by atoms with Gasteiger partial charge in [0.1, 0.15) is 6.33 Å². The third-order valence-corrected chi connectivity index (χ3v) is 5.22. The standard InChI is InChI=1S/C14H24N4S/c1-13(2)5-11-6-14(3,7-13)8-17(11)10-18-12(19)16(4)9-15-18/h9,11H,5-8,10H2,1-4H3/t11-,14-/m1/s1. The molecule has 4 nitrogen and oxygen atoms in total. The Morgan fingerprint density at radius 1 is 1.37 bits per heavy atom. The van der Waals surface area contributed by atoms with Crippen molar-refractivity contribution in [2.45, 2.75) is 52.7 Å². The van der Waals surface area contributed by atoms with Crippen LogP contribution < -0.4 is 0 Å². The molecular weight excluding hydrogens is 256 g/mol. The molecule has 0 spiro atoms. The highest BCUT2D eigenvalue weighted by molar-refractivity contribution is 7.71. The third-order valence-electron chi connectivity index (χ3n) is 4.73. The van der Waals surface area contributed by atoms with Gasteiger partial charge in [-0.2, -0.15) is 5.10 Å². The lowest BCUT2D eigenvalue weighted by Crippen LogP contribution is -2.35. The Balaban J connectivity index is 1.81. The van der Waals surface area contributed by atoms with Crippen molar-refractivity contribution in [3.05, 3.63) is 11.1 Å². The Bertz CT molecular complexity index is 544. The van der Waals surface area contributed by atoms with Crippen LogP contribution in [0.15, 0.2) is 6.33 Å². The van der Waals surface area contributed by atoms with Crippen molar-refractivity contribution in [3.8, 4) is 0 Å². The SMILES string of the molecule is Cn1cnn(CN2C[C@]3(C)C[C@H]2CC(C)(C)C3)c1=S. The van der Waals surface area contributed by atoms with E-state index in [2.05, 4.69) is 30.8 Å². The van der Waals surface area contributed by atoms with Crippen LogP contribution in [0.1, 0.15) is 40.0 Å². The van der Waals surface area contributed by atoms with Crippen LogP contribution in [-0.2, 0) is 13.7 Å². The molecule has 0 aromatic carbocycles. The highest BCUT2D eigenvalue weighted by Gasteiger charge is 2.49. The van der Waals surface area contributed by atoms with Gasteiger partial charge in [0.15, 0.2) is 4.77 Å². The smallest absolute Gasteiger partial charge is 0.198 e. The number of aryl methyl sites for hydroxylation is 1. The Kier molecular flexibility index (Phi) is 2.91. The van der Waals surface area contributed by atoms with Crippen molar-refractivity contribution < 1.29 is 0 Å². The van der Waals surface area contributed by atoms with E-state index in [9.17, 15) is 0 Å². The maximum absolute atomic E-state index is 5.39. The van der Waals surface area contributed by atoms with Crippen LogP contribution in [0.3, 0.4) is 0 Å². The summed E-state index contributed by atoms with van der Waals surface area (Å²) in [7, 11) is 1.96. The topological polar surface area (TPSA) is 26.0 Å². The van der Waals surface area contributed by atoms with Gasteiger partial charge < -0.3 is 4.57 Å². The molecule has 1 saturated heterocycles. The van der Waals surface area contributed by atoms with Crippen LogP contribution in [0, 0.1) is 15.6 Å². The largest absolute Gasteiger partial charge is 0.310 e. The molecule has 2 atom stereocenters. The molecule has 0 amide bonds. The van der Waals surface area contributed by atoms with Crippen molar-refractivity contribution in [2.24, 2.45) is 17.9 Å². The third kappa shape index (κ3) is 2.38. The summed E-state index contributed by atoms with van der Waals surface area (Å²) in [5.41, 5.74) is 0.946. The van der Waals surface area contributed by atoms with Crippen molar-refractivity contribution >= 4 is 12.2 Å². The highest BCUT2D eigenvalue weighted by Crippen LogP contribution is 2.52. The zero-order valence-corrected chi connectivity index (χ0v) is 13.2. The Hall–Kier alpha value is -0.680. The monoisotopic (exact) mass is 280 g/mol. The van der Waals surface area contributed by atoms with E-state index in [-0.39, 0.29) is 0 Å². The van der Waals surface area contributed by atoms with Gasteiger partial charge in [-0.1, -0.05) is 20.8 Å². The number of rotatable bonds is 2. The molecule has 2 fully saturated rings. The molecule has 2 bridgehead atoms. The molecule has 0 radical (unpaired) electrons. The molecule has 1 saturated carbocycles. The number of nitrogens with zero attached hydrogens (tertiary/aromatic N) is 4. The van der Waals surface area contributed by atoms with Crippen LogP contribution in [-0.4, -0.2) is 31.8 Å². The number of fused-ring (bicyclic) bond motifs is 2. The van der Waals surface area contributed by atoms with Crippen LogP contribution in [0.4, 0.5) is 0 Å². The summed E-state index contributed by atoms with van der Waals surface area (Å²) in [6, 6.07) is 0.692. The number of likely N-dealkylation sites (tertiary alicyclic amines) is 1. The average Bonchev–Trinajstić information content (AvgIpc) is 2.68. The minimum atomic E-state index is 0.470. The van der Waals surface area contributed by atoms with E-state index in [1.54, 1.807) is 6.33 Å². The van der Waals surface area contributed by atoms with E-state index in [1.165, 1.54) is 25.8 Å². The van der Waals surface area contributed by atoms with E-state index in [4.69, 9.17) is 12.2 Å². The molecule has 2 heterocycles. The fraction of sp³-hybridized carbons (Fsp3) is 0.857. The lowest BCUT2D eigenvalue weighted by molar-refractivity contribution is 0.119. The molecule has 3 rings (SSSR count). The van der Waals surface area contributed by atoms with Crippen LogP contribution in [0.2, 0.25) is 0 Å². The number of hydrogen-bond donors (Lipinski definition) is 0. The summed E-state index contributed by atoms with van der Waals surface area (Å²) in [4.78, 5) is 2.58. The first-order valence-electron chi connectivity index (χ1n) is 7.11. The summed E-state index contributed by atoms with van der Waals surface area (Å²) in [5.74, 6) is 0. The summed E-state index contributed by atoms with van der Waals surface area (Å²) >= 11 is 5.39. The summed E-state index contributed by atoms with van der Waals surface area (Å²) < 4.78 is 4.67. The molecule has 1 aromatic heterocycles. The predicted molar refractivity (Wildman–Crippen MR) is 78.3 cm³/mol. The fourth-order valence-electron chi connectivity index (χ4n) is 4.43. The number of hydrogen-bond acceptors (Lipinski definition) is 3. The summed E-state index contributed by atoms with van der Waals surface area (Å²) in [6.45, 7) is 9.29. The van der Waals surface area contributed by atoms with Gasteiger partial charge in [-0.05, 0) is 42.3 Å². The number of aromatic nitrogens is 3. The lowest BCUT2D eigenvalue weighted by atomic mass is 9.65. The second-order valence-electron chi connectivity index (χ2n) is 7.63. The minimum absolute atomic E-state index is 0.470. The first kappa shape index (κ1) is 13.3. The van der Waals surface area contributed by atoms with Gasteiger partial charge in [0.25, 0.3) is 0 Å². The maximum atomic E-state index is 5.39. The molecule has 1 aromatic rings. The van der Waals surface area contributed by atoms with Crippen molar-refractivity contribution in [1.82, 2.24) is 19.2 Å². The maximum Gasteiger partial charge on any atom is 0.198 e. The van der Waals surface area contributed by atoms with Crippen molar-refractivity contribution in [1.29, 1.82) is 0 Å². The molecule has 1 aliphatic heterocycles. The predicted octanol–water partition coefficient (Wildman–Crippen LogP) is 2.81. The molecule has 106 valence electrons. The molecule has 2 aliphatic rings. The van der Waals surface area contributed by atoms with Gasteiger partial charge in [-0.25, -0.2) is 4.68 Å². The zero-order chi connectivity index (χ0) is 13.8. The molecule has 0 N–H and O–H groups in total. The van der Waals surface area contributed by atoms with Gasteiger partial charge in [-0.3, -0.25) is 4.90 Å². The van der Waals surface area contributed by atoms with E-state index >= 15 is 0 Å². The van der Waals surface area contributed by atoms with Crippen molar-refractivity contribution in [2.75, 3.05) is 6.54 Å². The summed E-state index contributed by atoms with van der Waals surface area (Å²) in [5, 5.41) is 4.39. The highest BCUT2D eigenvalue weighted by atomic mass is 32.1. The van der Waals surface area contributed by atoms with E-state index in [0.717, 1.165) is 11.4 Å². The molecule has 19 heavy (non-hydrogen) atoms. The molecule has 0 unspecified atom stereocenters. The normalized spacial score (nSPS) is 33.8. The summed E-state index contributed by atoms with van der Waals surface area (Å²) in [6.07, 6.45) is 5.76. The quantitative estimate of drug-likeness (QED) is 0.779. The van der Waals surface area contributed by atoms with Crippen molar-refractivity contribution in [3.63, 3.8) is 0 Å². The molecule has 1 aliphatic carbocycles. The first-order chi connectivity index (χ1) is 8.78. The minimum Gasteiger partial charge on any atom is -0.310 e. The van der Waals surface area contributed by atoms with Crippen LogP contribution in [0.5, 0.6) is 0 Å². The second-order valence-corrected chi connectivity index (χ2v) is 7.99. The Morgan fingerprint density at radius 2 is 2.11 bits per heavy atom. The second kappa shape index (κ2) is 4.16. The average molecular weight is 280 g/mol. The lowest BCUT2D eigenvalue weighted by Gasteiger charge is -2.39. The van der Waals surface area contributed by atoms with E-state index in [0.29, 0.717) is 16.9 Å². The van der Waals surface area contributed by atoms with E-state index in [1.807, 2.05) is 16.3 Å². The van der Waals surface area contributed by atoms with Crippen LogP contribution >= 0.6 is 12.2 Å². The molecular formula is C14H24N4S. The Labute approximate surface area is 120 Å². The van der Waals surface area contributed by atoms with Gasteiger partial charge in [0.2, 0.25) is 0 Å². The van der Waals surface area contributed by atoms with Crippen LogP contribution in [0.25, 0.3) is 0 Å². The van der Waals surface area contributed by atoms with E-state index < -0.39 is 0 Å². The van der Waals surface area contributed by atoms with Gasteiger partial charge in [-0.15, -0.1) is 0 Å².